The van der Waals surface area contributed by atoms with Gasteiger partial charge in [-0.2, -0.15) is 0 Å². The molecule has 1 aliphatic rings. The minimum Gasteiger partial charge on any atom is -0.357 e. The van der Waals surface area contributed by atoms with Gasteiger partial charge in [-0.05, 0) is 68.8 Å². The molecular formula is C30H25NO. The van der Waals surface area contributed by atoms with Gasteiger partial charge in [0.15, 0.2) is 0 Å². The number of para-hydroxylation sites is 1. The van der Waals surface area contributed by atoms with E-state index in [1.807, 2.05) is 0 Å². The fourth-order valence-electron chi connectivity index (χ4n) is 5.45. The van der Waals surface area contributed by atoms with E-state index < -0.39 is 0 Å². The zero-order chi connectivity index (χ0) is 21.5. The van der Waals surface area contributed by atoms with E-state index in [1.54, 1.807) is 0 Å². The van der Waals surface area contributed by atoms with Crippen molar-refractivity contribution in [2.24, 2.45) is 0 Å². The average molecular weight is 416 g/mol. The predicted molar refractivity (Wildman–Crippen MR) is 134 cm³/mol. The molecule has 0 fully saturated rings. The van der Waals surface area contributed by atoms with E-state index in [4.69, 9.17) is 0 Å². The van der Waals surface area contributed by atoms with E-state index in [-0.39, 0.29) is 6.04 Å². The lowest BCUT2D eigenvalue weighted by atomic mass is 9.94. The fourth-order valence-corrected chi connectivity index (χ4v) is 5.45. The number of nitrogens with zero attached hydrogens (tertiary/aromatic N) is 1. The van der Waals surface area contributed by atoms with Crippen molar-refractivity contribution in [1.82, 2.24) is 0 Å². The van der Waals surface area contributed by atoms with Gasteiger partial charge in [0, 0.05) is 12.2 Å². The lowest BCUT2D eigenvalue weighted by molar-refractivity contribution is -0.109. The van der Waals surface area contributed by atoms with Crippen LogP contribution in [0.15, 0.2) is 91.0 Å². The predicted octanol–water partition coefficient (Wildman–Crippen LogP) is 7.06. The van der Waals surface area contributed by atoms with E-state index in [0.29, 0.717) is 0 Å². The second kappa shape index (κ2) is 7.80. The normalized spacial score (nSPS) is 16.2. The molecule has 6 rings (SSSR count). The zero-order valence-electron chi connectivity index (χ0n) is 18.0. The first-order chi connectivity index (χ1) is 15.8. The first-order valence-corrected chi connectivity index (χ1v) is 11.5. The molecule has 1 unspecified atom stereocenters. The highest BCUT2D eigenvalue weighted by Crippen LogP contribution is 2.36. The van der Waals surface area contributed by atoms with E-state index in [2.05, 4.69) is 95.9 Å². The van der Waals surface area contributed by atoms with E-state index >= 15 is 0 Å². The highest BCUT2D eigenvalue weighted by Gasteiger charge is 2.24. The number of aldehydes is 1. The Balaban J connectivity index is 1.57. The molecule has 0 radical (unpaired) electrons. The molecule has 0 N–H and O–H groups in total. The Hall–Kier alpha value is -3.65. The largest absolute Gasteiger partial charge is 0.357 e. The van der Waals surface area contributed by atoms with Crippen LogP contribution in [0.25, 0.3) is 32.3 Å². The first kappa shape index (κ1) is 19.1. The molecule has 156 valence electrons. The summed E-state index contributed by atoms with van der Waals surface area (Å²) in [6, 6.07) is 32.6. The van der Waals surface area contributed by atoms with Crippen LogP contribution in [-0.2, 0) is 17.8 Å². The minimum absolute atomic E-state index is 0.0929. The van der Waals surface area contributed by atoms with Crippen molar-refractivity contribution in [3.63, 3.8) is 0 Å². The molecule has 2 nitrogen and oxygen atoms in total. The Bertz CT molecular complexity index is 1470. The number of hydrogen-bond acceptors (Lipinski definition) is 2. The lowest BCUT2D eigenvalue weighted by Crippen LogP contribution is -2.35. The quantitative estimate of drug-likeness (QED) is 0.232. The van der Waals surface area contributed by atoms with Crippen molar-refractivity contribution in [3.8, 4) is 0 Å². The third-order valence-corrected chi connectivity index (χ3v) is 7.00. The van der Waals surface area contributed by atoms with Gasteiger partial charge in [-0.3, -0.25) is 0 Å². The summed E-state index contributed by atoms with van der Waals surface area (Å²) >= 11 is 0. The van der Waals surface area contributed by atoms with Crippen LogP contribution in [0.4, 0.5) is 5.69 Å². The van der Waals surface area contributed by atoms with E-state index in [9.17, 15) is 4.79 Å². The fraction of sp³-hybridized carbons (Fsp3) is 0.167. The number of carbonyl (C=O) groups is 1. The van der Waals surface area contributed by atoms with Crippen LogP contribution in [0.1, 0.15) is 24.0 Å². The van der Waals surface area contributed by atoms with Gasteiger partial charge in [-0.25, -0.2) is 0 Å². The second-order valence-electron chi connectivity index (χ2n) is 8.81. The van der Waals surface area contributed by atoms with Crippen LogP contribution in [-0.4, -0.2) is 12.3 Å². The van der Waals surface area contributed by atoms with Crippen LogP contribution in [0.2, 0.25) is 0 Å². The molecule has 0 saturated heterocycles. The van der Waals surface area contributed by atoms with Crippen LogP contribution >= 0.6 is 0 Å². The molecule has 5 aromatic carbocycles. The molecule has 0 bridgehead atoms. The van der Waals surface area contributed by atoms with Gasteiger partial charge in [-0.15, -0.1) is 0 Å². The van der Waals surface area contributed by atoms with Crippen molar-refractivity contribution in [1.29, 1.82) is 0 Å². The molecule has 32 heavy (non-hydrogen) atoms. The monoisotopic (exact) mass is 415 g/mol. The van der Waals surface area contributed by atoms with Crippen molar-refractivity contribution >= 4 is 44.3 Å². The molecule has 0 spiro atoms. The van der Waals surface area contributed by atoms with Gasteiger partial charge in [0.2, 0.25) is 0 Å². The molecule has 0 aliphatic carbocycles. The Morgan fingerprint density at radius 3 is 2.47 bits per heavy atom. The summed E-state index contributed by atoms with van der Waals surface area (Å²) < 4.78 is 0. The molecule has 1 atom stereocenters. The van der Waals surface area contributed by atoms with Crippen molar-refractivity contribution < 1.29 is 4.79 Å². The standard InChI is InChI=1S/C30H25NO/c32-20-25-12-6-9-22-8-2-4-14-29(22)31(25)19-24-11-5-10-23-16-17-27-26-13-3-1-7-21(26)15-18-28(27)30(23)24/h1-5,7-8,10-11,13-18,20,25H,6,9,12,19H2. The Kier molecular flexibility index (Phi) is 4.65. The van der Waals surface area contributed by atoms with Crippen molar-refractivity contribution in [2.75, 3.05) is 4.90 Å². The van der Waals surface area contributed by atoms with Gasteiger partial charge in [0.1, 0.15) is 6.29 Å². The summed E-state index contributed by atoms with van der Waals surface area (Å²) in [7, 11) is 0. The van der Waals surface area contributed by atoms with Gasteiger partial charge >= 0.3 is 0 Å². The third-order valence-electron chi connectivity index (χ3n) is 7.00. The van der Waals surface area contributed by atoms with Gasteiger partial charge in [-0.1, -0.05) is 84.9 Å². The number of carbonyl (C=O) groups excluding carboxylic acids is 1. The van der Waals surface area contributed by atoms with E-state index in [0.717, 1.165) is 32.1 Å². The first-order valence-electron chi connectivity index (χ1n) is 11.5. The van der Waals surface area contributed by atoms with Crippen molar-refractivity contribution in [2.45, 2.75) is 31.8 Å². The molecule has 1 heterocycles. The highest BCUT2D eigenvalue weighted by atomic mass is 16.1. The van der Waals surface area contributed by atoms with E-state index in [1.165, 1.54) is 49.1 Å². The number of hydrogen-bond donors (Lipinski definition) is 0. The number of fused-ring (bicyclic) bond motifs is 6. The van der Waals surface area contributed by atoms with Crippen LogP contribution in [0, 0.1) is 0 Å². The van der Waals surface area contributed by atoms with Gasteiger partial charge in [0.05, 0.1) is 6.04 Å². The summed E-state index contributed by atoms with van der Waals surface area (Å²) in [4.78, 5) is 14.4. The minimum atomic E-state index is -0.0929. The maximum atomic E-state index is 12.1. The van der Waals surface area contributed by atoms with Crippen LogP contribution in [0.5, 0.6) is 0 Å². The Morgan fingerprint density at radius 1 is 0.750 bits per heavy atom. The molecular weight excluding hydrogens is 390 g/mol. The molecule has 0 aromatic heterocycles. The number of rotatable bonds is 3. The van der Waals surface area contributed by atoms with Crippen molar-refractivity contribution in [3.05, 3.63) is 102 Å². The zero-order valence-corrected chi connectivity index (χ0v) is 18.0. The molecule has 1 aliphatic heterocycles. The maximum absolute atomic E-state index is 12.1. The summed E-state index contributed by atoms with van der Waals surface area (Å²) in [5, 5.41) is 7.65. The summed E-state index contributed by atoms with van der Waals surface area (Å²) in [6.45, 7) is 0.726. The molecule has 0 saturated carbocycles. The molecule has 5 aromatic rings. The third kappa shape index (κ3) is 3.06. The Morgan fingerprint density at radius 2 is 1.53 bits per heavy atom. The van der Waals surface area contributed by atoms with Crippen LogP contribution in [0.3, 0.4) is 0 Å². The number of aryl methyl sites for hydroxylation is 1. The highest BCUT2D eigenvalue weighted by molar-refractivity contribution is 6.18. The van der Waals surface area contributed by atoms with Crippen LogP contribution < -0.4 is 4.90 Å². The molecule has 0 amide bonds. The smallest absolute Gasteiger partial charge is 0.142 e. The average Bonchev–Trinajstić information content (AvgIpc) is 3.03. The number of benzene rings is 5. The molecule has 2 heteroatoms. The second-order valence-corrected chi connectivity index (χ2v) is 8.81. The lowest BCUT2D eigenvalue weighted by Gasteiger charge is -2.30. The Labute approximate surface area is 188 Å². The summed E-state index contributed by atoms with van der Waals surface area (Å²) in [5.74, 6) is 0. The van der Waals surface area contributed by atoms with Gasteiger partial charge in [0.25, 0.3) is 0 Å². The SMILES string of the molecule is O=CC1CCCc2ccccc2N1Cc1cccc2ccc3c4ccccc4ccc3c12. The number of anilines is 1. The van der Waals surface area contributed by atoms with Gasteiger partial charge < -0.3 is 9.69 Å². The summed E-state index contributed by atoms with van der Waals surface area (Å²) in [5.41, 5.74) is 3.81. The maximum Gasteiger partial charge on any atom is 0.142 e. The topological polar surface area (TPSA) is 20.3 Å². The summed E-state index contributed by atoms with van der Waals surface area (Å²) in [6.07, 6.45) is 4.11.